The van der Waals surface area contributed by atoms with E-state index in [9.17, 15) is 0 Å². The average molecular weight is 160 g/mol. The van der Waals surface area contributed by atoms with Crippen molar-refractivity contribution in [3.8, 4) is 0 Å². The molecule has 1 aliphatic rings. The summed E-state index contributed by atoms with van der Waals surface area (Å²) in [5.74, 6) is 0. The summed E-state index contributed by atoms with van der Waals surface area (Å²) in [5, 5.41) is 3.49. The van der Waals surface area contributed by atoms with E-state index in [1.807, 2.05) is 0 Å². The maximum absolute atomic E-state index is 3.49. The lowest BCUT2D eigenvalue weighted by atomic mass is 10.1. The molecule has 0 aromatic heterocycles. The van der Waals surface area contributed by atoms with E-state index in [0.29, 0.717) is 12.1 Å². The first-order chi connectivity index (χ1) is 4.74. The highest BCUT2D eigenvalue weighted by atomic mass is 31.0. The largest absolute Gasteiger partial charge is 0.311 e. The van der Waals surface area contributed by atoms with Crippen LogP contribution in [-0.2, 0) is 0 Å². The lowest BCUT2D eigenvalue weighted by Crippen LogP contribution is -2.51. The molecule has 0 aromatic carbocycles. The fraction of sp³-hybridized carbons (Fsp3) is 1.00. The van der Waals surface area contributed by atoms with E-state index >= 15 is 0 Å². The first-order valence-corrected chi connectivity index (χ1v) is 4.50. The molecule has 3 atom stereocenters. The van der Waals surface area contributed by atoms with E-state index in [-0.39, 0.29) is 0 Å². The van der Waals surface area contributed by atoms with Crippen molar-refractivity contribution in [2.75, 3.05) is 13.1 Å². The van der Waals surface area contributed by atoms with Gasteiger partial charge in [0.2, 0.25) is 0 Å². The van der Waals surface area contributed by atoms with Gasteiger partial charge < -0.3 is 5.32 Å². The molecule has 0 radical (unpaired) electrons. The molecule has 1 rings (SSSR count). The molecule has 2 nitrogen and oxygen atoms in total. The maximum Gasteiger partial charge on any atom is 0.0227 e. The highest BCUT2D eigenvalue weighted by molar-refractivity contribution is 7.13. The molecule has 1 aliphatic heterocycles. The monoisotopic (exact) mass is 160 g/mol. The predicted octanol–water partition coefficient (Wildman–Crippen LogP) is 0.849. The molecule has 1 fully saturated rings. The van der Waals surface area contributed by atoms with E-state index < -0.39 is 0 Å². The molecule has 60 valence electrons. The molecule has 10 heavy (non-hydrogen) atoms. The van der Waals surface area contributed by atoms with Crippen LogP contribution in [0.5, 0.6) is 0 Å². The Morgan fingerprint density at radius 3 is 2.90 bits per heavy atom. The van der Waals surface area contributed by atoms with Gasteiger partial charge in [0, 0.05) is 25.2 Å². The van der Waals surface area contributed by atoms with Gasteiger partial charge in [-0.25, -0.2) is 0 Å². The molecule has 1 unspecified atom stereocenters. The zero-order valence-electron chi connectivity index (χ0n) is 6.80. The Morgan fingerprint density at radius 1 is 1.70 bits per heavy atom. The van der Waals surface area contributed by atoms with Crippen LogP contribution in [0.25, 0.3) is 0 Å². The quantitative estimate of drug-likeness (QED) is 0.572. The summed E-state index contributed by atoms with van der Waals surface area (Å²) in [5.41, 5.74) is 0. The molecule has 3 heteroatoms. The van der Waals surface area contributed by atoms with E-state index in [1.165, 1.54) is 13.0 Å². The topological polar surface area (TPSA) is 15.3 Å². The summed E-state index contributed by atoms with van der Waals surface area (Å²) in [6.45, 7) is 6.77. The second kappa shape index (κ2) is 3.66. The van der Waals surface area contributed by atoms with E-state index in [0.717, 1.165) is 6.54 Å². The Bertz CT molecular complexity index is 108. The fourth-order valence-corrected chi connectivity index (χ4v) is 1.59. The molecule has 0 amide bonds. The Kier molecular flexibility index (Phi) is 3.09. The number of rotatable bonds is 1. The molecule has 0 aliphatic carbocycles. The van der Waals surface area contributed by atoms with Gasteiger partial charge in [0.15, 0.2) is 0 Å². The third kappa shape index (κ3) is 1.91. The van der Waals surface area contributed by atoms with Crippen molar-refractivity contribution in [2.45, 2.75) is 32.4 Å². The van der Waals surface area contributed by atoms with Crippen molar-refractivity contribution < 1.29 is 0 Å². The van der Waals surface area contributed by atoms with Crippen molar-refractivity contribution in [3.63, 3.8) is 0 Å². The van der Waals surface area contributed by atoms with Crippen LogP contribution in [0, 0.1) is 0 Å². The minimum absolute atomic E-state index is 0.674. The van der Waals surface area contributed by atoms with Gasteiger partial charge in [0.05, 0.1) is 0 Å². The standard InChI is InChI=1S/C7H17N2P/c1-3-7-5-9(10)6(2)4-8-7/h6-8H,3-5,10H2,1-2H3/t6-,7+/m1/s1. The molecule has 1 heterocycles. The molecule has 0 saturated carbocycles. The van der Waals surface area contributed by atoms with E-state index in [2.05, 4.69) is 33.2 Å². The van der Waals surface area contributed by atoms with Gasteiger partial charge in [0.1, 0.15) is 0 Å². The highest BCUT2D eigenvalue weighted by Crippen LogP contribution is 2.12. The number of hydrogen-bond donors (Lipinski definition) is 1. The number of piperazine rings is 1. The first-order valence-electron chi connectivity index (χ1n) is 3.98. The molecule has 0 aromatic rings. The van der Waals surface area contributed by atoms with Crippen LogP contribution in [0.2, 0.25) is 0 Å². The van der Waals surface area contributed by atoms with Gasteiger partial charge in [-0.2, -0.15) is 0 Å². The fourth-order valence-electron chi connectivity index (χ4n) is 1.23. The summed E-state index contributed by atoms with van der Waals surface area (Å²) < 4.78 is 2.34. The van der Waals surface area contributed by atoms with Gasteiger partial charge in [-0.15, -0.1) is 0 Å². The van der Waals surface area contributed by atoms with Crippen molar-refractivity contribution in [3.05, 3.63) is 0 Å². The van der Waals surface area contributed by atoms with Crippen molar-refractivity contribution in [2.24, 2.45) is 0 Å². The first kappa shape index (κ1) is 8.45. The Hall–Kier alpha value is 0.350. The Morgan fingerprint density at radius 2 is 2.40 bits per heavy atom. The molecule has 1 saturated heterocycles. The van der Waals surface area contributed by atoms with Crippen LogP contribution >= 0.6 is 9.39 Å². The van der Waals surface area contributed by atoms with Crippen LogP contribution in [-0.4, -0.2) is 29.8 Å². The summed E-state index contributed by atoms with van der Waals surface area (Å²) in [4.78, 5) is 0. The highest BCUT2D eigenvalue weighted by Gasteiger charge is 2.19. The number of hydrogen-bond acceptors (Lipinski definition) is 2. The van der Waals surface area contributed by atoms with E-state index in [4.69, 9.17) is 0 Å². The molecular weight excluding hydrogens is 143 g/mol. The predicted molar refractivity (Wildman–Crippen MR) is 48.0 cm³/mol. The Balaban J connectivity index is 2.33. The normalized spacial score (nSPS) is 36.3. The second-order valence-electron chi connectivity index (χ2n) is 3.06. The van der Waals surface area contributed by atoms with Crippen molar-refractivity contribution >= 4 is 9.39 Å². The molecule has 0 bridgehead atoms. The average Bonchev–Trinajstić information content (AvgIpc) is 1.95. The van der Waals surface area contributed by atoms with Crippen LogP contribution < -0.4 is 5.32 Å². The zero-order valence-corrected chi connectivity index (χ0v) is 7.96. The number of nitrogens with zero attached hydrogens (tertiary/aromatic N) is 1. The summed E-state index contributed by atoms with van der Waals surface area (Å²) >= 11 is 0. The molecule has 0 spiro atoms. The lowest BCUT2D eigenvalue weighted by molar-refractivity contribution is 0.249. The SMILES string of the molecule is CC[C@H]1CN(P)[C@H](C)CN1. The van der Waals surface area contributed by atoms with Gasteiger partial charge in [-0.05, 0) is 13.3 Å². The minimum atomic E-state index is 0.674. The third-order valence-corrected chi connectivity index (χ3v) is 2.91. The molecule has 1 N–H and O–H groups in total. The van der Waals surface area contributed by atoms with Crippen LogP contribution in [0.15, 0.2) is 0 Å². The summed E-state index contributed by atoms with van der Waals surface area (Å²) in [6, 6.07) is 1.38. The smallest absolute Gasteiger partial charge is 0.0227 e. The molecular formula is C7H17N2P. The van der Waals surface area contributed by atoms with Crippen LogP contribution in [0.4, 0.5) is 0 Å². The maximum atomic E-state index is 3.49. The van der Waals surface area contributed by atoms with Gasteiger partial charge in [0.25, 0.3) is 0 Å². The van der Waals surface area contributed by atoms with Gasteiger partial charge >= 0.3 is 0 Å². The van der Waals surface area contributed by atoms with Crippen LogP contribution in [0.1, 0.15) is 20.3 Å². The Labute approximate surface area is 65.6 Å². The summed E-state index contributed by atoms with van der Waals surface area (Å²) in [7, 11) is 2.79. The number of nitrogens with one attached hydrogen (secondary N) is 1. The van der Waals surface area contributed by atoms with Crippen LogP contribution in [0.3, 0.4) is 0 Å². The zero-order chi connectivity index (χ0) is 7.56. The van der Waals surface area contributed by atoms with Crippen molar-refractivity contribution in [1.82, 2.24) is 9.99 Å². The van der Waals surface area contributed by atoms with Gasteiger partial charge in [-0.1, -0.05) is 16.3 Å². The van der Waals surface area contributed by atoms with Gasteiger partial charge in [-0.3, -0.25) is 4.67 Å². The lowest BCUT2D eigenvalue weighted by Gasteiger charge is -2.35. The second-order valence-corrected chi connectivity index (χ2v) is 3.72. The van der Waals surface area contributed by atoms with Crippen molar-refractivity contribution in [1.29, 1.82) is 0 Å². The summed E-state index contributed by atoms with van der Waals surface area (Å²) in [6.07, 6.45) is 1.23. The minimum Gasteiger partial charge on any atom is -0.311 e. The third-order valence-electron chi connectivity index (χ3n) is 2.19. The van der Waals surface area contributed by atoms with E-state index in [1.54, 1.807) is 0 Å².